The fourth-order valence-electron chi connectivity index (χ4n) is 1.97. The van der Waals surface area contributed by atoms with Crippen LogP contribution in [-0.4, -0.2) is 6.98 Å². The monoisotopic (exact) mass is 202 g/mol. The molecule has 0 aromatic heterocycles. The van der Waals surface area contributed by atoms with Crippen molar-refractivity contribution >= 4 is 6.98 Å². The van der Waals surface area contributed by atoms with Crippen molar-refractivity contribution in [3.8, 4) is 0 Å². The normalized spacial score (nSPS) is 35.2. The van der Waals surface area contributed by atoms with E-state index in [9.17, 15) is 12.9 Å². The van der Waals surface area contributed by atoms with Crippen molar-refractivity contribution in [3.05, 3.63) is 0 Å². The SMILES string of the molecule is F[B-](F)(F)C1CC(C2CC2)C1.[K+]. The van der Waals surface area contributed by atoms with Gasteiger partial charge in [0.05, 0.1) is 0 Å². The predicted octanol–water partition coefficient (Wildman–Crippen LogP) is 0.0280. The fourth-order valence-corrected chi connectivity index (χ4v) is 1.97. The van der Waals surface area contributed by atoms with Gasteiger partial charge >= 0.3 is 58.4 Å². The average molecular weight is 202 g/mol. The molecular weight excluding hydrogens is 191 g/mol. The van der Waals surface area contributed by atoms with E-state index in [-0.39, 0.29) is 51.4 Å². The standard InChI is InChI=1S/C7H11BF3.K/c9-8(10,11)7-3-6(4-7)5-1-2-5;/h5-7H,1-4H2;/q-1;+1. The van der Waals surface area contributed by atoms with Crippen LogP contribution in [0.3, 0.4) is 0 Å². The third kappa shape index (κ3) is 2.50. The second-order valence-corrected chi connectivity index (χ2v) is 3.95. The molecule has 0 saturated heterocycles. The fraction of sp³-hybridized carbons (Fsp3) is 1.00. The number of hydrogen-bond donors (Lipinski definition) is 0. The molecule has 0 aliphatic heterocycles. The Bertz CT molecular complexity index is 161. The Morgan fingerprint density at radius 1 is 0.917 bits per heavy atom. The molecule has 0 unspecified atom stereocenters. The molecule has 2 fully saturated rings. The first-order valence-electron chi connectivity index (χ1n) is 4.27. The van der Waals surface area contributed by atoms with Gasteiger partial charge < -0.3 is 12.9 Å². The van der Waals surface area contributed by atoms with Crippen LogP contribution in [0.4, 0.5) is 12.9 Å². The minimum Gasteiger partial charge on any atom is -0.449 e. The third-order valence-electron chi connectivity index (χ3n) is 3.03. The van der Waals surface area contributed by atoms with Crippen LogP contribution in [0, 0.1) is 11.8 Å². The van der Waals surface area contributed by atoms with Crippen LogP contribution in [-0.2, 0) is 0 Å². The molecule has 0 N–H and O–H groups in total. The van der Waals surface area contributed by atoms with Gasteiger partial charge in [0.2, 0.25) is 0 Å². The number of rotatable bonds is 2. The third-order valence-corrected chi connectivity index (χ3v) is 3.03. The molecule has 0 aromatic carbocycles. The molecule has 2 aliphatic rings. The molecule has 0 amide bonds. The van der Waals surface area contributed by atoms with Gasteiger partial charge in [-0.3, -0.25) is 0 Å². The van der Waals surface area contributed by atoms with Gasteiger partial charge in [-0.1, -0.05) is 18.7 Å². The summed E-state index contributed by atoms with van der Waals surface area (Å²) in [5.41, 5.74) is 0. The Kier molecular flexibility index (Phi) is 3.79. The van der Waals surface area contributed by atoms with E-state index in [1.54, 1.807) is 0 Å². The molecule has 0 atom stereocenters. The largest absolute Gasteiger partial charge is 1.00 e. The number of hydrogen-bond acceptors (Lipinski definition) is 0. The smallest absolute Gasteiger partial charge is 0.449 e. The molecule has 12 heavy (non-hydrogen) atoms. The summed E-state index contributed by atoms with van der Waals surface area (Å²) in [5, 5.41) is 0. The van der Waals surface area contributed by atoms with Gasteiger partial charge in [0, 0.05) is 0 Å². The van der Waals surface area contributed by atoms with Crippen LogP contribution in [0.25, 0.3) is 0 Å². The molecule has 0 nitrogen and oxygen atoms in total. The van der Waals surface area contributed by atoms with Gasteiger partial charge in [-0.05, 0) is 24.7 Å². The average Bonchev–Trinajstić information content (AvgIpc) is 2.38. The van der Waals surface area contributed by atoms with Crippen molar-refractivity contribution in [2.24, 2.45) is 11.8 Å². The molecule has 2 rings (SSSR count). The van der Waals surface area contributed by atoms with Gasteiger partial charge in [0.25, 0.3) is 0 Å². The van der Waals surface area contributed by atoms with E-state index < -0.39 is 12.8 Å². The van der Waals surface area contributed by atoms with E-state index in [4.69, 9.17) is 0 Å². The molecular formula is C7H11BF3K. The quantitative estimate of drug-likeness (QED) is 0.554. The van der Waals surface area contributed by atoms with Crippen LogP contribution in [0.5, 0.6) is 0 Å². The zero-order chi connectivity index (χ0) is 8.06. The molecule has 64 valence electrons. The minimum atomic E-state index is -4.51. The molecule has 2 saturated carbocycles. The summed E-state index contributed by atoms with van der Waals surface area (Å²) in [6.45, 7) is -4.51. The summed E-state index contributed by atoms with van der Waals surface area (Å²) >= 11 is 0. The van der Waals surface area contributed by atoms with Gasteiger partial charge in [0.15, 0.2) is 0 Å². The molecule has 0 bridgehead atoms. The summed E-state index contributed by atoms with van der Waals surface area (Å²) in [4.78, 5) is 0. The van der Waals surface area contributed by atoms with Crippen molar-refractivity contribution < 1.29 is 64.3 Å². The summed E-state index contributed by atoms with van der Waals surface area (Å²) in [7, 11) is 0. The first kappa shape index (κ1) is 11.6. The van der Waals surface area contributed by atoms with Crippen molar-refractivity contribution in [1.29, 1.82) is 0 Å². The predicted molar refractivity (Wildman–Crippen MR) is 38.3 cm³/mol. The van der Waals surface area contributed by atoms with E-state index >= 15 is 0 Å². The summed E-state index contributed by atoms with van der Waals surface area (Å²) in [6, 6.07) is 0. The first-order chi connectivity index (χ1) is 5.07. The zero-order valence-electron chi connectivity index (χ0n) is 7.27. The maximum Gasteiger partial charge on any atom is 1.00 e. The maximum absolute atomic E-state index is 12.0. The Balaban J connectivity index is 0.000000720. The Labute approximate surface area is 113 Å². The van der Waals surface area contributed by atoms with Crippen molar-refractivity contribution in [3.63, 3.8) is 0 Å². The van der Waals surface area contributed by atoms with Gasteiger partial charge in [-0.25, -0.2) is 0 Å². The van der Waals surface area contributed by atoms with E-state index in [0.29, 0.717) is 24.7 Å². The van der Waals surface area contributed by atoms with Gasteiger partial charge in [-0.15, -0.1) is 0 Å². The van der Waals surface area contributed by atoms with E-state index in [1.807, 2.05) is 0 Å². The Morgan fingerprint density at radius 2 is 1.42 bits per heavy atom. The molecule has 5 heteroatoms. The van der Waals surface area contributed by atoms with Crippen LogP contribution in [0.1, 0.15) is 25.7 Å². The van der Waals surface area contributed by atoms with Crippen LogP contribution in [0.15, 0.2) is 0 Å². The summed E-state index contributed by atoms with van der Waals surface area (Å²) in [5.74, 6) is 0.202. The van der Waals surface area contributed by atoms with Gasteiger partial charge in [0.1, 0.15) is 0 Å². The molecule has 0 heterocycles. The van der Waals surface area contributed by atoms with Crippen LogP contribution < -0.4 is 51.4 Å². The topological polar surface area (TPSA) is 0 Å². The van der Waals surface area contributed by atoms with Crippen LogP contribution >= 0.6 is 0 Å². The van der Waals surface area contributed by atoms with Crippen LogP contribution in [0.2, 0.25) is 5.82 Å². The van der Waals surface area contributed by atoms with E-state index in [1.165, 1.54) is 12.8 Å². The molecule has 0 spiro atoms. The van der Waals surface area contributed by atoms with E-state index in [0.717, 1.165) is 0 Å². The second kappa shape index (κ2) is 3.93. The number of halogens is 3. The second-order valence-electron chi connectivity index (χ2n) is 3.95. The molecule has 0 radical (unpaired) electrons. The van der Waals surface area contributed by atoms with Crippen molar-refractivity contribution in [2.45, 2.75) is 31.5 Å². The Morgan fingerprint density at radius 3 is 1.75 bits per heavy atom. The first-order valence-corrected chi connectivity index (χ1v) is 4.27. The minimum absolute atomic E-state index is 0. The van der Waals surface area contributed by atoms with Crippen molar-refractivity contribution in [1.82, 2.24) is 0 Å². The van der Waals surface area contributed by atoms with Crippen molar-refractivity contribution in [2.75, 3.05) is 0 Å². The Hall–Kier alpha value is 1.49. The summed E-state index contributed by atoms with van der Waals surface area (Å²) in [6.07, 6.45) is 3.24. The zero-order valence-corrected chi connectivity index (χ0v) is 10.4. The summed E-state index contributed by atoms with van der Waals surface area (Å²) < 4.78 is 36.1. The molecule has 0 aromatic rings. The van der Waals surface area contributed by atoms with Gasteiger partial charge in [-0.2, -0.15) is 0 Å². The maximum atomic E-state index is 12.0. The molecule has 2 aliphatic carbocycles. The van der Waals surface area contributed by atoms with E-state index in [2.05, 4.69) is 0 Å².